The molecule has 2 nitrogen and oxygen atoms in total. The fourth-order valence-electron chi connectivity index (χ4n) is 2.39. The van der Waals surface area contributed by atoms with Crippen LogP contribution >= 0.6 is 0 Å². The summed E-state index contributed by atoms with van der Waals surface area (Å²) in [4.78, 5) is 14.4. The van der Waals surface area contributed by atoms with Crippen LogP contribution in [0.15, 0.2) is 30.3 Å². The summed E-state index contributed by atoms with van der Waals surface area (Å²) in [6, 6.07) is 9.62. The van der Waals surface area contributed by atoms with Crippen molar-refractivity contribution in [2.45, 2.75) is 32.1 Å². The van der Waals surface area contributed by atoms with E-state index >= 15 is 0 Å². The standard InChI is InChI=1S/C15H21NO.ClH/c17-15(14-8-4-3-5-9-14)10-13-16-11-6-1-2-7-12-16;/h3-5,8-9H,1-2,6-7,10-13H2;1H/p-1. The lowest BCUT2D eigenvalue weighted by Crippen LogP contribution is -3.00. The number of ketones is 1. The van der Waals surface area contributed by atoms with Gasteiger partial charge in [-0.2, -0.15) is 0 Å². The summed E-state index contributed by atoms with van der Waals surface area (Å²) in [6.45, 7) is 3.26. The maximum Gasteiger partial charge on any atom is 0.164 e. The van der Waals surface area contributed by atoms with Crippen LogP contribution in [0.3, 0.4) is 0 Å². The zero-order valence-electron chi connectivity index (χ0n) is 10.8. The van der Waals surface area contributed by atoms with E-state index in [1.165, 1.54) is 38.8 Å². The monoisotopic (exact) mass is 266 g/mol. The molecule has 18 heavy (non-hydrogen) atoms. The van der Waals surface area contributed by atoms with Crippen molar-refractivity contribution in [2.24, 2.45) is 0 Å². The minimum absolute atomic E-state index is 0. The second-order valence-electron chi connectivity index (χ2n) is 4.80. The van der Waals surface area contributed by atoms with Crippen LogP contribution in [0.2, 0.25) is 0 Å². The smallest absolute Gasteiger partial charge is 0.164 e. The number of benzene rings is 1. The molecule has 1 fully saturated rings. The first kappa shape index (κ1) is 15.2. The van der Waals surface area contributed by atoms with E-state index in [1.54, 1.807) is 0 Å². The second kappa shape index (κ2) is 8.28. The van der Waals surface area contributed by atoms with Gasteiger partial charge in [0.05, 0.1) is 0 Å². The van der Waals surface area contributed by atoms with Gasteiger partial charge in [-0.05, 0) is 25.9 Å². The van der Waals surface area contributed by atoms with Gasteiger partial charge in [0.1, 0.15) is 0 Å². The van der Waals surface area contributed by atoms with Crippen molar-refractivity contribution in [1.29, 1.82) is 0 Å². The lowest BCUT2D eigenvalue weighted by atomic mass is 10.1. The fourth-order valence-corrected chi connectivity index (χ4v) is 2.39. The Morgan fingerprint density at radius 1 is 1.00 bits per heavy atom. The molecular weight excluding hydrogens is 246 g/mol. The number of carbonyl (C=O) groups is 1. The van der Waals surface area contributed by atoms with Crippen molar-refractivity contribution in [3.63, 3.8) is 0 Å². The molecule has 1 saturated heterocycles. The molecular formula is C15H21ClNO-. The number of carbonyl (C=O) groups excluding carboxylic acids is 1. The van der Waals surface area contributed by atoms with Crippen LogP contribution in [0.5, 0.6) is 0 Å². The summed E-state index contributed by atoms with van der Waals surface area (Å²) in [5.41, 5.74) is 0.849. The van der Waals surface area contributed by atoms with E-state index in [-0.39, 0.29) is 18.2 Å². The van der Waals surface area contributed by atoms with E-state index in [0.717, 1.165) is 12.1 Å². The summed E-state index contributed by atoms with van der Waals surface area (Å²) in [7, 11) is 0. The Labute approximate surface area is 116 Å². The number of halogens is 1. The maximum absolute atomic E-state index is 11.9. The Morgan fingerprint density at radius 2 is 1.61 bits per heavy atom. The average molecular weight is 267 g/mol. The van der Waals surface area contributed by atoms with Gasteiger partial charge in [-0.1, -0.05) is 43.2 Å². The molecule has 1 aliphatic heterocycles. The normalized spacial score (nSPS) is 16.7. The molecule has 0 N–H and O–H groups in total. The van der Waals surface area contributed by atoms with Crippen molar-refractivity contribution in [3.8, 4) is 0 Å². The summed E-state index contributed by atoms with van der Waals surface area (Å²) in [6.07, 6.45) is 5.94. The zero-order valence-corrected chi connectivity index (χ0v) is 11.5. The Balaban J connectivity index is 0.00000162. The molecule has 1 aliphatic rings. The van der Waals surface area contributed by atoms with E-state index in [1.807, 2.05) is 30.3 Å². The van der Waals surface area contributed by atoms with E-state index < -0.39 is 0 Å². The average Bonchev–Trinajstić information content (AvgIpc) is 2.65. The number of hydrogen-bond donors (Lipinski definition) is 0. The molecule has 0 aromatic heterocycles. The largest absolute Gasteiger partial charge is 1.00 e. The lowest BCUT2D eigenvalue weighted by Gasteiger charge is -2.18. The first-order valence-electron chi connectivity index (χ1n) is 6.67. The molecule has 2 rings (SSSR count). The predicted molar refractivity (Wildman–Crippen MR) is 70.3 cm³/mol. The van der Waals surface area contributed by atoms with Crippen LogP contribution in [0, 0.1) is 0 Å². The van der Waals surface area contributed by atoms with Crippen molar-refractivity contribution >= 4 is 5.78 Å². The van der Waals surface area contributed by atoms with Gasteiger partial charge < -0.3 is 17.3 Å². The van der Waals surface area contributed by atoms with Gasteiger partial charge in [-0.25, -0.2) is 0 Å². The van der Waals surface area contributed by atoms with Crippen LogP contribution in [0.1, 0.15) is 42.5 Å². The van der Waals surface area contributed by atoms with Crippen LogP contribution in [-0.4, -0.2) is 30.3 Å². The lowest BCUT2D eigenvalue weighted by molar-refractivity contribution is -0.0000116. The number of rotatable bonds is 4. The Morgan fingerprint density at radius 3 is 2.22 bits per heavy atom. The summed E-state index contributed by atoms with van der Waals surface area (Å²) in [5, 5.41) is 0. The van der Waals surface area contributed by atoms with Gasteiger partial charge in [0, 0.05) is 18.5 Å². The number of likely N-dealkylation sites (tertiary alicyclic amines) is 1. The third-order valence-electron chi connectivity index (χ3n) is 3.45. The van der Waals surface area contributed by atoms with Crippen molar-refractivity contribution in [1.82, 2.24) is 4.90 Å². The van der Waals surface area contributed by atoms with Crippen molar-refractivity contribution < 1.29 is 17.2 Å². The van der Waals surface area contributed by atoms with Crippen LogP contribution < -0.4 is 12.4 Å². The highest BCUT2D eigenvalue weighted by molar-refractivity contribution is 5.96. The van der Waals surface area contributed by atoms with E-state index in [4.69, 9.17) is 0 Å². The predicted octanol–water partition coefficient (Wildman–Crippen LogP) is 0.139. The third kappa shape index (κ3) is 4.79. The van der Waals surface area contributed by atoms with Gasteiger partial charge in [-0.3, -0.25) is 4.79 Å². The van der Waals surface area contributed by atoms with E-state index in [9.17, 15) is 4.79 Å². The molecule has 0 atom stereocenters. The number of hydrogen-bond acceptors (Lipinski definition) is 2. The van der Waals surface area contributed by atoms with Crippen LogP contribution in [0.4, 0.5) is 0 Å². The number of nitrogens with zero attached hydrogens (tertiary/aromatic N) is 1. The van der Waals surface area contributed by atoms with Gasteiger partial charge >= 0.3 is 0 Å². The minimum Gasteiger partial charge on any atom is -1.00 e. The summed E-state index contributed by atoms with van der Waals surface area (Å²) < 4.78 is 0. The number of Topliss-reactive ketones (excluding diaryl/α,β-unsaturated/α-hetero) is 1. The molecule has 0 aliphatic carbocycles. The highest BCUT2D eigenvalue weighted by Crippen LogP contribution is 2.11. The highest BCUT2D eigenvalue weighted by Gasteiger charge is 2.11. The Kier molecular flexibility index (Phi) is 6.99. The molecule has 100 valence electrons. The van der Waals surface area contributed by atoms with E-state index in [2.05, 4.69) is 4.90 Å². The highest BCUT2D eigenvalue weighted by atomic mass is 35.5. The molecule has 0 radical (unpaired) electrons. The second-order valence-corrected chi connectivity index (χ2v) is 4.80. The first-order valence-corrected chi connectivity index (χ1v) is 6.67. The Hall–Kier alpha value is -0.860. The van der Waals surface area contributed by atoms with Gasteiger partial charge in [0.2, 0.25) is 0 Å². The maximum atomic E-state index is 11.9. The molecule has 0 amide bonds. The van der Waals surface area contributed by atoms with Crippen molar-refractivity contribution in [2.75, 3.05) is 19.6 Å². The van der Waals surface area contributed by atoms with Gasteiger partial charge in [0.25, 0.3) is 0 Å². The molecule has 0 saturated carbocycles. The van der Waals surface area contributed by atoms with Crippen LogP contribution in [0.25, 0.3) is 0 Å². The molecule has 1 heterocycles. The van der Waals surface area contributed by atoms with Gasteiger partial charge in [-0.15, -0.1) is 0 Å². The summed E-state index contributed by atoms with van der Waals surface area (Å²) in [5.74, 6) is 0.273. The molecule has 1 aromatic rings. The van der Waals surface area contributed by atoms with Gasteiger partial charge in [0.15, 0.2) is 5.78 Å². The topological polar surface area (TPSA) is 20.3 Å². The van der Waals surface area contributed by atoms with Crippen LogP contribution in [-0.2, 0) is 0 Å². The summed E-state index contributed by atoms with van der Waals surface area (Å²) >= 11 is 0. The van der Waals surface area contributed by atoms with E-state index in [0.29, 0.717) is 6.42 Å². The Bertz CT molecular complexity index is 345. The zero-order chi connectivity index (χ0) is 11.9. The minimum atomic E-state index is 0. The molecule has 1 aromatic carbocycles. The van der Waals surface area contributed by atoms with Crippen molar-refractivity contribution in [3.05, 3.63) is 35.9 Å². The molecule has 0 bridgehead atoms. The SMILES string of the molecule is O=C(CCN1CCCCCC1)c1ccccc1.[Cl-]. The molecule has 0 spiro atoms. The quantitative estimate of drug-likeness (QED) is 0.723. The third-order valence-corrected chi connectivity index (χ3v) is 3.45. The first-order chi connectivity index (χ1) is 8.36. The molecule has 0 unspecified atom stereocenters. The fraction of sp³-hybridized carbons (Fsp3) is 0.533. The molecule has 3 heteroatoms.